The molecule has 0 bridgehead atoms. The summed E-state index contributed by atoms with van der Waals surface area (Å²) in [5.41, 5.74) is 0.808. The van der Waals surface area contributed by atoms with Gasteiger partial charge in [-0.15, -0.1) is 22.9 Å². The number of halogens is 1. The number of H-pyrrole nitrogens is 1. The number of methoxy groups -OCH3 is 1. The summed E-state index contributed by atoms with van der Waals surface area (Å²) >= 11 is 7.41. The third-order valence-corrected chi connectivity index (χ3v) is 3.94. The minimum absolute atomic E-state index is 0.131. The number of nitrogens with one attached hydrogen (secondary N) is 1. The summed E-state index contributed by atoms with van der Waals surface area (Å²) in [4.78, 5) is 20.8. The van der Waals surface area contributed by atoms with E-state index in [-0.39, 0.29) is 10.9 Å². The smallest absolute Gasteiger partial charge is 0.259 e. The fourth-order valence-electron chi connectivity index (χ4n) is 1.66. The number of aromatic amines is 1. The van der Waals surface area contributed by atoms with Crippen LogP contribution in [0.15, 0.2) is 4.79 Å². The van der Waals surface area contributed by atoms with Crippen LogP contribution >= 0.6 is 22.9 Å². The Kier molecular flexibility index (Phi) is 3.51. The number of nitrogens with zero attached hydrogens (tertiary/aromatic N) is 1. The van der Waals surface area contributed by atoms with Crippen LogP contribution in [0.4, 0.5) is 0 Å². The van der Waals surface area contributed by atoms with Gasteiger partial charge in [-0.3, -0.25) is 4.79 Å². The highest BCUT2D eigenvalue weighted by molar-refractivity contribution is 7.18. The zero-order chi connectivity index (χ0) is 12.6. The van der Waals surface area contributed by atoms with Gasteiger partial charge in [0.2, 0.25) is 0 Å². The van der Waals surface area contributed by atoms with Crippen molar-refractivity contribution in [3.05, 3.63) is 26.6 Å². The van der Waals surface area contributed by atoms with Crippen LogP contribution in [-0.4, -0.2) is 17.1 Å². The lowest BCUT2D eigenvalue weighted by Crippen LogP contribution is -2.11. The summed E-state index contributed by atoms with van der Waals surface area (Å²) in [5, 5.41) is 0.337. The van der Waals surface area contributed by atoms with E-state index in [1.165, 1.54) is 11.3 Å². The van der Waals surface area contributed by atoms with Crippen molar-refractivity contribution in [3.8, 4) is 0 Å². The minimum Gasteiger partial charge on any atom is -0.379 e. The predicted molar refractivity (Wildman–Crippen MR) is 70.0 cm³/mol. The highest BCUT2D eigenvalue weighted by Crippen LogP contribution is 2.28. The van der Waals surface area contributed by atoms with Crippen molar-refractivity contribution in [1.29, 1.82) is 0 Å². The Morgan fingerprint density at radius 3 is 2.88 bits per heavy atom. The second-order valence-electron chi connectivity index (χ2n) is 3.83. The van der Waals surface area contributed by atoms with Crippen molar-refractivity contribution >= 4 is 33.2 Å². The number of aromatic nitrogens is 2. The number of hydrogen-bond donors (Lipinski definition) is 1. The monoisotopic (exact) mass is 272 g/mol. The molecule has 1 unspecified atom stereocenters. The van der Waals surface area contributed by atoms with E-state index < -0.39 is 0 Å². The van der Waals surface area contributed by atoms with Gasteiger partial charge in [0, 0.05) is 12.0 Å². The average molecular weight is 273 g/mol. The van der Waals surface area contributed by atoms with Crippen LogP contribution in [0.2, 0.25) is 0 Å². The number of ether oxygens (including phenoxy) is 1. The van der Waals surface area contributed by atoms with Crippen molar-refractivity contribution in [2.75, 3.05) is 7.11 Å². The molecule has 0 saturated heterocycles. The second-order valence-corrected chi connectivity index (χ2v) is 5.57. The van der Waals surface area contributed by atoms with Crippen molar-refractivity contribution in [1.82, 2.24) is 9.97 Å². The number of fused-ring (bicyclic) bond motifs is 1. The Morgan fingerprint density at radius 1 is 1.59 bits per heavy atom. The number of hydrogen-bond acceptors (Lipinski definition) is 4. The number of rotatable bonds is 3. The summed E-state index contributed by atoms with van der Waals surface area (Å²) in [7, 11) is 1.63. The predicted octanol–water partition coefficient (Wildman–Crippen LogP) is 2.74. The van der Waals surface area contributed by atoms with Gasteiger partial charge in [0.1, 0.15) is 10.7 Å². The third kappa shape index (κ3) is 2.22. The van der Waals surface area contributed by atoms with E-state index in [9.17, 15) is 4.79 Å². The van der Waals surface area contributed by atoms with Crippen LogP contribution in [-0.2, 0) is 11.3 Å². The summed E-state index contributed by atoms with van der Waals surface area (Å²) in [6.45, 7) is 4.19. The van der Waals surface area contributed by atoms with Crippen LogP contribution in [0, 0.1) is 6.92 Å². The van der Waals surface area contributed by atoms with Crippen molar-refractivity contribution < 1.29 is 4.74 Å². The zero-order valence-corrected chi connectivity index (χ0v) is 11.4. The van der Waals surface area contributed by atoms with Crippen LogP contribution in [0.25, 0.3) is 10.2 Å². The maximum atomic E-state index is 12.0. The molecule has 6 heteroatoms. The van der Waals surface area contributed by atoms with E-state index in [2.05, 4.69) is 9.97 Å². The van der Waals surface area contributed by atoms with Crippen LogP contribution in [0.3, 0.4) is 0 Å². The Morgan fingerprint density at radius 2 is 2.29 bits per heavy atom. The maximum Gasteiger partial charge on any atom is 0.259 e. The van der Waals surface area contributed by atoms with Gasteiger partial charge in [-0.25, -0.2) is 4.98 Å². The zero-order valence-electron chi connectivity index (χ0n) is 9.83. The first-order valence-corrected chi connectivity index (χ1v) is 6.45. The summed E-state index contributed by atoms with van der Waals surface area (Å²) in [6.07, 6.45) is 0. The molecule has 0 aromatic carbocycles. The molecule has 0 aliphatic rings. The molecule has 0 fully saturated rings. The van der Waals surface area contributed by atoms with Gasteiger partial charge in [0.15, 0.2) is 0 Å². The molecule has 0 saturated carbocycles. The fourth-order valence-corrected chi connectivity index (χ4v) is 2.92. The molecule has 2 rings (SSSR count). The van der Waals surface area contributed by atoms with E-state index >= 15 is 0 Å². The Balaban J connectivity index is 2.69. The largest absolute Gasteiger partial charge is 0.379 e. The number of alkyl halides is 1. The van der Waals surface area contributed by atoms with Gasteiger partial charge in [-0.1, -0.05) is 0 Å². The Labute approximate surface area is 108 Å². The molecule has 92 valence electrons. The fraction of sp³-hybridized carbons (Fsp3) is 0.455. The van der Waals surface area contributed by atoms with Gasteiger partial charge < -0.3 is 9.72 Å². The lowest BCUT2D eigenvalue weighted by molar-refractivity contribution is 0.187. The van der Waals surface area contributed by atoms with Crippen LogP contribution in [0.1, 0.15) is 28.6 Å². The first-order valence-electron chi connectivity index (χ1n) is 5.19. The SMILES string of the molecule is COCc1sc2nc(C(C)Cl)[nH]c(=O)c2c1C. The van der Waals surface area contributed by atoms with E-state index in [1.807, 2.05) is 6.92 Å². The molecule has 17 heavy (non-hydrogen) atoms. The standard InChI is InChI=1S/C11H13ClN2O2S/c1-5-7(4-16-3)17-11-8(5)10(15)13-9(14-11)6(2)12/h6H,4H2,1-3H3,(H,13,14,15). The van der Waals surface area contributed by atoms with E-state index in [0.29, 0.717) is 17.8 Å². The molecule has 0 spiro atoms. The third-order valence-electron chi connectivity index (χ3n) is 2.57. The molecule has 0 aliphatic heterocycles. The van der Waals surface area contributed by atoms with Gasteiger partial charge >= 0.3 is 0 Å². The van der Waals surface area contributed by atoms with Crippen molar-refractivity contribution in [3.63, 3.8) is 0 Å². The molecule has 1 atom stereocenters. The average Bonchev–Trinajstić information content (AvgIpc) is 2.56. The first-order chi connectivity index (χ1) is 8.04. The second kappa shape index (κ2) is 4.76. The van der Waals surface area contributed by atoms with E-state index in [0.717, 1.165) is 15.3 Å². The Hall–Kier alpha value is -0.910. The van der Waals surface area contributed by atoms with E-state index in [4.69, 9.17) is 16.3 Å². The highest BCUT2D eigenvalue weighted by Gasteiger charge is 2.15. The topological polar surface area (TPSA) is 55.0 Å². The highest BCUT2D eigenvalue weighted by atomic mass is 35.5. The molecule has 2 aromatic heterocycles. The molecular weight excluding hydrogens is 260 g/mol. The van der Waals surface area contributed by atoms with Crippen LogP contribution < -0.4 is 5.56 Å². The van der Waals surface area contributed by atoms with Gasteiger partial charge in [0.05, 0.1) is 17.4 Å². The number of aryl methyl sites for hydroxylation is 1. The van der Waals surface area contributed by atoms with Crippen molar-refractivity contribution in [2.24, 2.45) is 0 Å². The first kappa shape index (κ1) is 12.5. The number of thiophene rings is 1. The molecule has 1 N–H and O–H groups in total. The molecule has 0 aliphatic carbocycles. The molecule has 4 nitrogen and oxygen atoms in total. The molecule has 0 radical (unpaired) electrons. The quantitative estimate of drug-likeness (QED) is 0.874. The lowest BCUT2D eigenvalue weighted by atomic mass is 10.2. The summed E-state index contributed by atoms with van der Waals surface area (Å²) in [5.74, 6) is 0.509. The van der Waals surface area contributed by atoms with Gasteiger partial charge in [0.25, 0.3) is 5.56 Å². The lowest BCUT2D eigenvalue weighted by Gasteiger charge is -2.01. The van der Waals surface area contributed by atoms with Gasteiger partial charge in [-0.05, 0) is 19.4 Å². The van der Waals surface area contributed by atoms with Crippen molar-refractivity contribution in [2.45, 2.75) is 25.8 Å². The van der Waals surface area contributed by atoms with Crippen LogP contribution in [0.5, 0.6) is 0 Å². The molecular formula is C11H13ClN2O2S. The Bertz CT molecular complexity index is 603. The molecule has 0 amide bonds. The summed E-state index contributed by atoms with van der Waals surface area (Å²) < 4.78 is 5.10. The molecule has 2 aromatic rings. The minimum atomic E-state index is -0.305. The molecule has 2 heterocycles. The maximum absolute atomic E-state index is 12.0. The summed E-state index contributed by atoms with van der Waals surface area (Å²) in [6, 6.07) is 0. The van der Waals surface area contributed by atoms with E-state index in [1.54, 1.807) is 14.0 Å². The normalized spacial score (nSPS) is 13.2. The van der Waals surface area contributed by atoms with Gasteiger partial charge in [-0.2, -0.15) is 0 Å².